The summed E-state index contributed by atoms with van der Waals surface area (Å²) in [5.41, 5.74) is 0.932. The fraction of sp³-hybridized carbons (Fsp3) is 0.111. The van der Waals surface area contributed by atoms with E-state index in [-0.39, 0.29) is 28.2 Å². The molecule has 1 N–H and O–H groups in total. The van der Waals surface area contributed by atoms with E-state index in [1.165, 1.54) is 15.6 Å². The van der Waals surface area contributed by atoms with Gasteiger partial charge in [-0.25, -0.2) is 9.67 Å². The van der Waals surface area contributed by atoms with Gasteiger partial charge in [0.2, 0.25) is 0 Å². The monoisotopic (exact) mass is 399 g/mol. The first-order valence-electron chi connectivity index (χ1n) is 8.05. The maximum Gasteiger partial charge on any atom is 0.279 e. The number of benzene rings is 1. The number of halogens is 1. The molecule has 0 bridgehead atoms. The molecule has 1 amide bonds. The lowest BCUT2D eigenvalue weighted by atomic mass is 10.3. The van der Waals surface area contributed by atoms with E-state index >= 15 is 0 Å². The molecule has 7 nitrogen and oxygen atoms in total. The number of fused-ring (bicyclic) bond motifs is 1. The van der Waals surface area contributed by atoms with Gasteiger partial charge in [0.15, 0.2) is 11.2 Å². The molecular weight excluding hydrogens is 386 g/mol. The number of nitrogens with zero attached hydrogens (tertiary/aromatic N) is 4. The highest BCUT2D eigenvalue weighted by molar-refractivity contribution is 7.09. The number of rotatable bonds is 4. The van der Waals surface area contributed by atoms with Gasteiger partial charge in [-0.1, -0.05) is 17.7 Å². The normalized spacial score (nSPS) is 11.0. The predicted octanol–water partition coefficient (Wildman–Crippen LogP) is 2.76. The molecule has 9 heteroatoms. The molecule has 4 aromatic rings. The summed E-state index contributed by atoms with van der Waals surface area (Å²) in [6.45, 7) is 0.386. The molecule has 0 aliphatic carbocycles. The van der Waals surface area contributed by atoms with Crippen molar-refractivity contribution in [2.24, 2.45) is 7.05 Å². The number of carbonyl (C=O) groups excluding carboxylic acids is 1. The van der Waals surface area contributed by atoms with Gasteiger partial charge in [-0.3, -0.25) is 9.59 Å². The Balaban J connectivity index is 1.81. The molecule has 0 atom stereocenters. The van der Waals surface area contributed by atoms with Crippen LogP contribution in [0.3, 0.4) is 0 Å². The fourth-order valence-electron chi connectivity index (χ4n) is 2.67. The first-order valence-corrected chi connectivity index (χ1v) is 9.31. The second kappa shape index (κ2) is 6.98. The van der Waals surface area contributed by atoms with Crippen LogP contribution in [-0.2, 0) is 13.6 Å². The zero-order valence-corrected chi connectivity index (χ0v) is 15.8. The van der Waals surface area contributed by atoms with Crippen LogP contribution in [0.1, 0.15) is 15.4 Å². The van der Waals surface area contributed by atoms with Crippen molar-refractivity contribution in [2.75, 3.05) is 0 Å². The van der Waals surface area contributed by atoms with E-state index in [9.17, 15) is 9.59 Å². The third-order valence-electron chi connectivity index (χ3n) is 4.03. The Labute approximate surface area is 162 Å². The van der Waals surface area contributed by atoms with Gasteiger partial charge in [0.25, 0.3) is 11.5 Å². The molecular formula is C18H14ClN5O2S. The second-order valence-electron chi connectivity index (χ2n) is 5.86. The largest absolute Gasteiger partial charge is 0.346 e. The van der Waals surface area contributed by atoms with Gasteiger partial charge < -0.3 is 9.88 Å². The molecule has 3 aromatic heterocycles. The topological polar surface area (TPSA) is 81.8 Å². The van der Waals surface area contributed by atoms with Gasteiger partial charge in [-0.05, 0) is 35.7 Å². The molecule has 0 spiro atoms. The number of hydrogen-bond acceptors (Lipinski definition) is 5. The summed E-state index contributed by atoms with van der Waals surface area (Å²) in [7, 11) is 1.60. The van der Waals surface area contributed by atoms with Crippen molar-refractivity contribution in [3.8, 4) is 5.69 Å². The maximum absolute atomic E-state index is 12.7. The van der Waals surface area contributed by atoms with Crippen LogP contribution in [0.15, 0.2) is 52.9 Å². The minimum atomic E-state index is -0.387. The molecule has 4 rings (SSSR count). The standard InChI is InChI=1S/C18H14ClN5O2S/c1-23-10-21-14-15(17(25)20-9-13-3-2-8-27-13)22-24(16(14)18(23)26)12-6-4-11(19)5-7-12/h2-8,10H,9H2,1H3,(H,20,25). The smallest absolute Gasteiger partial charge is 0.279 e. The Hall–Kier alpha value is -2.97. The van der Waals surface area contributed by atoms with E-state index in [1.807, 2.05) is 17.5 Å². The third kappa shape index (κ3) is 3.24. The lowest BCUT2D eigenvalue weighted by Gasteiger charge is -2.03. The summed E-state index contributed by atoms with van der Waals surface area (Å²) in [6, 6.07) is 10.7. The van der Waals surface area contributed by atoms with Crippen LogP contribution in [0.4, 0.5) is 0 Å². The van der Waals surface area contributed by atoms with Crippen molar-refractivity contribution in [3.63, 3.8) is 0 Å². The summed E-state index contributed by atoms with van der Waals surface area (Å²) < 4.78 is 2.78. The van der Waals surface area contributed by atoms with Crippen LogP contribution in [0.2, 0.25) is 5.02 Å². The molecule has 27 heavy (non-hydrogen) atoms. The van der Waals surface area contributed by atoms with E-state index in [4.69, 9.17) is 11.6 Å². The van der Waals surface area contributed by atoms with Gasteiger partial charge in [-0.15, -0.1) is 11.3 Å². The number of hydrogen-bond donors (Lipinski definition) is 1. The number of amides is 1. The summed E-state index contributed by atoms with van der Waals surface area (Å²) in [6.07, 6.45) is 1.38. The summed E-state index contributed by atoms with van der Waals surface area (Å²) in [4.78, 5) is 30.7. The lowest BCUT2D eigenvalue weighted by Crippen LogP contribution is -2.23. The summed E-state index contributed by atoms with van der Waals surface area (Å²) in [5, 5.41) is 9.71. The van der Waals surface area contributed by atoms with Crippen LogP contribution >= 0.6 is 22.9 Å². The molecule has 0 radical (unpaired) electrons. The fourth-order valence-corrected chi connectivity index (χ4v) is 3.44. The predicted molar refractivity (Wildman–Crippen MR) is 105 cm³/mol. The van der Waals surface area contributed by atoms with Crippen molar-refractivity contribution in [2.45, 2.75) is 6.54 Å². The van der Waals surface area contributed by atoms with Crippen molar-refractivity contribution >= 4 is 39.9 Å². The third-order valence-corrected chi connectivity index (χ3v) is 5.16. The van der Waals surface area contributed by atoms with Crippen LogP contribution < -0.4 is 10.9 Å². The molecule has 0 fully saturated rings. The minimum absolute atomic E-state index is 0.106. The highest BCUT2D eigenvalue weighted by atomic mass is 35.5. The summed E-state index contributed by atoms with van der Waals surface area (Å²) in [5.74, 6) is -0.387. The van der Waals surface area contributed by atoms with E-state index in [1.54, 1.807) is 42.6 Å². The van der Waals surface area contributed by atoms with Gasteiger partial charge in [0.05, 0.1) is 18.6 Å². The van der Waals surface area contributed by atoms with Gasteiger partial charge in [0.1, 0.15) is 5.52 Å². The summed E-state index contributed by atoms with van der Waals surface area (Å²) >= 11 is 7.50. The van der Waals surface area contributed by atoms with E-state index in [2.05, 4.69) is 15.4 Å². The number of aryl methyl sites for hydroxylation is 1. The van der Waals surface area contributed by atoms with Gasteiger partial charge in [-0.2, -0.15) is 5.10 Å². The molecule has 0 saturated carbocycles. The lowest BCUT2D eigenvalue weighted by molar-refractivity contribution is 0.0947. The average molecular weight is 400 g/mol. The Bertz CT molecular complexity index is 1180. The molecule has 0 unspecified atom stereocenters. The molecule has 0 aliphatic rings. The zero-order chi connectivity index (χ0) is 19.0. The average Bonchev–Trinajstić information content (AvgIpc) is 3.31. The molecule has 0 aliphatic heterocycles. The number of nitrogens with one attached hydrogen (secondary N) is 1. The number of thiophene rings is 1. The molecule has 1 aromatic carbocycles. The Morgan fingerprint density at radius 1 is 1.26 bits per heavy atom. The number of carbonyl (C=O) groups is 1. The van der Waals surface area contributed by atoms with Crippen LogP contribution in [0.5, 0.6) is 0 Å². The Morgan fingerprint density at radius 3 is 2.74 bits per heavy atom. The van der Waals surface area contributed by atoms with Gasteiger partial charge >= 0.3 is 0 Å². The maximum atomic E-state index is 12.7. The second-order valence-corrected chi connectivity index (χ2v) is 7.33. The van der Waals surface area contributed by atoms with Crippen LogP contribution in [-0.4, -0.2) is 25.2 Å². The molecule has 0 saturated heterocycles. The Kier molecular flexibility index (Phi) is 4.51. The van der Waals surface area contributed by atoms with E-state index < -0.39 is 0 Å². The Morgan fingerprint density at radius 2 is 2.04 bits per heavy atom. The SMILES string of the molecule is Cn1cnc2c(C(=O)NCc3cccs3)nn(-c3ccc(Cl)cc3)c2c1=O. The van der Waals surface area contributed by atoms with Crippen LogP contribution in [0.25, 0.3) is 16.7 Å². The quantitative estimate of drug-likeness (QED) is 0.572. The van der Waals surface area contributed by atoms with Crippen molar-refractivity contribution < 1.29 is 4.79 Å². The van der Waals surface area contributed by atoms with Crippen LogP contribution in [0, 0.1) is 0 Å². The van der Waals surface area contributed by atoms with Gasteiger partial charge in [0, 0.05) is 16.9 Å². The highest BCUT2D eigenvalue weighted by Gasteiger charge is 2.22. The van der Waals surface area contributed by atoms with Crippen molar-refractivity contribution in [1.82, 2.24) is 24.6 Å². The first-order chi connectivity index (χ1) is 13.0. The van der Waals surface area contributed by atoms with Crippen molar-refractivity contribution in [1.29, 1.82) is 0 Å². The van der Waals surface area contributed by atoms with E-state index in [0.29, 0.717) is 17.3 Å². The number of aromatic nitrogens is 4. The minimum Gasteiger partial charge on any atom is -0.346 e. The zero-order valence-electron chi connectivity index (χ0n) is 14.2. The van der Waals surface area contributed by atoms with Crippen molar-refractivity contribution in [3.05, 3.63) is 74.1 Å². The van der Waals surface area contributed by atoms with E-state index in [0.717, 1.165) is 4.88 Å². The highest BCUT2D eigenvalue weighted by Crippen LogP contribution is 2.19. The molecule has 3 heterocycles. The first kappa shape index (κ1) is 17.4. The molecule has 136 valence electrons.